The fourth-order valence-corrected chi connectivity index (χ4v) is 1.78. The van der Waals surface area contributed by atoms with Gasteiger partial charge in [0.2, 0.25) is 10.0 Å². The lowest BCUT2D eigenvalue weighted by Gasteiger charge is -2.07. The molecule has 1 rings (SSSR count). The second kappa shape index (κ2) is 5.94. The van der Waals surface area contributed by atoms with Crippen molar-refractivity contribution in [2.45, 2.75) is 0 Å². The van der Waals surface area contributed by atoms with Crippen LogP contribution >= 0.6 is 11.6 Å². The standard InChI is InChI=1S/C8H11ClN4O4S/c1-18(16,17)12-3-2-10-8-7(9)4-6(5-11-8)13(14)15/h4-5,12H,2-3H2,1H3,(H,10,11). The number of nitro groups is 1. The predicted molar refractivity (Wildman–Crippen MR) is 67.2 cm³/mol. The Hall–Kier alpha value is -1.45. The maximum absolute atomic E-state index is 10.8. The molecule has 0 aliphatic rings. The van der Waals surface area contributed by atoms with E-state index in [1.54, 1.807) is 0 Å². The van der Waals surface area contributed by atoms with Gasteiger partial charge in [-0.1, -0.05) is 11.6 Å². The first-order valence-electron chi connectivity index (χ1n) is 4.78. The van der Waals surface area contributed by atoms with Gasteiger partial charge in [0.25, 0.3) is 5.69 Å². The maximum Gasteiger partial charge on any atom is 0.289 e. The fraction of sp³-hybridized carbons (Fsp3) is 0.375. The van der Waals surface area contributed by atoms with E-state index in [9.17, 15) is 18.5 Å². The Labute approximate surface area is 109 Å². The Bertz CT molecular complexity index is 548. The van der Waals surface area contributed by atoms with Crippen LogP contribution in [0.2, 0.25) is 5.02 Å². The second-order valence-electron chi connectivity index (χ2n) is 3.37. The van der Waals surface area contributed by atoms with Crippen molar-refractivity contribution in [2.24, 2.45) is 0 Å². The molecule has 1 aromatic rings. The first-order chi connectivity index (χ1) is 8.29. The van der Waals surface area contributed by atoms with Crippen LogP contribution in [0.15, 0.2) is 12.3 Å². The summed E-state index contributed by atoms with van der Waals surface area (Å²) in [5, 5.41) is 13.3. The van der Waals surface area contributed by atoms with Gasteiger partial charge in [-0.2, -0.15) is 0 Å². The summed E-state index contributed by atoms with van der Waals surface area (Å²) < 4.78 is 23.8. The lowest BCUT2D eigenvalue weighted by atomic mass is 10.4. The molecule has 0 saturated carbocycles. The minimum absolute atomic E-state index is 0.101. The van der Waals surface area contributed by atoms with Gasteiger partial charge in [-0.15, -0.1) is 0 Å². The highest BCUT2D eigenvalue weighted by Crippen LogP contribution is 2.23. The van der Waals surface area contributed by atoms with Gasteiger partial charge in [0.05, 0.1) is 16.2 Å². The van der Waals surface area contributed by atoms with Crippen LogP contribution in [0.1, 0.15) is 0 Å². The number of hydrogen-bond acceptors (Lipinski definition) is 6. The van der Waals surface area contributed by atoms with Gasteiger partial charge < -0.3 is 5.32 Å². The number of sulfonamides is 1. The topological polar surface area (TPSA) is 114 Å². The van der Waals surface area contributed by atoms with E-state index in [2.05, 4.69) is 15.0 Å². The molecule has 0 radical (unpaired) electrons. The quantitative estimate of drug-likeness (QED) is 0.451. The molecule has 0 aliphatic heterocycles. The van der Waals surface area contributed by atoms with E-state index in [1.165, 1.54) is 6.07 Å². The third-order valence-electron chi connectivity index (χ3n) is 1.82. The molecule has 18 heavy (non-hydrogen) atoms. The zero-order valence-electron chi connectivity index (χ0n) is 9.38. The van der Waals surface area contributed by atoms with Gasteiger partial charge in [-0.05, 0) is 0 Å². The monoisotopic (exact) mass is 294 g/mol. The average molecular weight is 295 g/mol. The average Bonchev–Trinajstić information content (AvgIpc) is 2.24. The van der Waals surface area contributed by atoms with Gasteiger partial charge >= 0.3 is 0 Å². The van der Waals surface area contributed by atoms with Crippen LogP contribution in [0.25, 0.3) is 0 Å². The molecule has 0 unspecified atom stereocenters. The lowest BCUT2D eigenvalue weighted by Crippen LogP contribution is -2.27. The summed E-state index contributed by atoms with van der Waals surface area (Å²) in [7, 11) is -3.24. The van der Waals surface area contributed by atoms with E-state index in [1.807, 2.05) is 0 Å². The zero-order valence-corrected chi connectivity index (χ0v) is 11.0. The molecule has 0 atom stereocenters. The Morgan fingerprint density at radius 1 is 1.50 bits per heavy atom. The van der Waals surface area contributed by atoms with E-state index >= 15 is 0 Å². The number of nitrogens with one attached hydrogen (secondary N) is 2. The molecule has 0 amide bonds. The number of pyridine rings is 1. The third kappa shape index (κ3) is 4.82. The van der Waals surface area contributed by atoms with E-state index in [0.717, 1.165) is 12.5 Å². The number of anilines is 1. The highest BCUT2D eigenvalue weighted by atomic mass is 35.5. The predicted octanol–water partition coefficient (Wildman–Crippen LogP) is 0.604. The summed E-state index contributed by atoms with van der Waals surface area (Å²) in [6.45, 7) is 0.422. The van der Waals surface area contributed by atoms with E-state index in [0.29, 0.717) is 0 Å². The second-order valence-corrected chi connectivity index (χ2v) is 5.61. The molecule has 10 heteroatoms. The highest BCUT2D eigenvalue weighted by Gasteiger charge is 2.10. The first-order valence-corrected chi connectivity index (χ1v) is 7.05. The number of aromatic nitrogens is 1. The summed E-state index contributed by atoms with van der Waals surface area (Å²) in [5.74, 6) is 0.262. The SMILES string of the molecule is CS(=O)(=O)NCCNc1ncc([N+](=O)[O-])cc1Cl. The Kier molecular flexibility index (Phi) is 4.82. The minimum atomic E-state index is -3.24. The van der Waals surface area contributed by atoms with Crippen LogP contribution in [-0.2, 0) is 10.0 Å². The summed E-state index contributed by atoms with van der Waals surface area (Å²) in [4.78, 5) is 13.6. The van der Waals surface area contributed by atoms with Crippen molar-refractivity contribution >= 4 is 33.1 Å². The molecule has 0 aromatic carbocycles. The van der Waals surface area contributed by atoms with Crippen molar-refractivity contribution in [3.63, 3.8) is 0 Å². The summed E-state index contributed by atoms with van der Waals surface area (Å²) in [6.07, 6.45) is 2.11. The van der Waals surface area contributed by atoms with Crippen molar-refractivity contribution in [1.29, 1.82) is 0 Å². The van der Waals surface area contributed by atoms with Crippen LogP contribution < -0.4 is 10.0 Å². The van der Waals surface area contributed by atoms with Gasteiger partial charge in [0, 0.05) is 19.2 Å². The van der Waals surface area contributed by atoms with Crippen molar-refractivity contribution in [3.05, 3.63) is 27.4 Å². The Morgan fingerprint density at radius 2 is 2.17 bits per heavy atom. The molecule has 0 fully saturated rings. The largest absolute Gasteiger partial charge is 0.368 e. The molecule has 0 bridgehead atoms. The normalized spacial score (nSPS) is 11.2. The number of hydrogen-bond donors (Lipinski definition) is 2. The van der Waals surface area contributed by atoms with Crippen LogP contribution in [0.5, 0.6) is 0 Å². The van der Waals surface area contributed by atoms with Crippen molar-refractivity contribution in [1.82, 2.24) is 9.71 Å². The van der Waals surface area contributed by atoms with E-state index in [-0.39, 0.29) is 29.6 Å². The van der Waals surface area contributed by atoms with Crippen molar-refractivity contribution in [2.75, 3.05) is 24.7 Å². The van der Waals surface area contributed by atoms with E-state index in [4.69, 9.17) is 11.6 Å². The molecule has 0 aliphatic carbocycles. The molecule has 1 aromatic heterocycles. The minimum Gasteiger partial charge on any atom is -0.368 e. The lowest BCUT2D eigenvalue weighted by molar-refractivity contribution is -0.385. The summed E-state index contributed by atoms with van der Waals surface area (Å²) in [5.41, 5.74) is -0.209. The molecule has 2 N–H and O–H groups in total. The molecule has 8 nitrogen and oxygen atoms in total. The van der Waals surface area contributed by atoms with Gasteiger partial charge in [-0.25, -0.2) is 18.1 Å². The fourth-order valence-electron chi connectivity index (χ4n) is 1.08. The number of rotatable bonds is 6. The van der Waals surface area contributed by atoms with Crippen LogP contribution in [0.3, 0.4) is 0 Å². The van der Waals surface area contributed by atoms with Gasteiger partial charge in [-0.3, -0.25) is 10.1 Å². The Balaban J connectivity index is 2.56. The van der Waals surface area contributed by atoms with Crippen LogP contribution in [-0.4, -0.2) is 37.7 Å². The first kappa shape index (κ1) is 14.6. The maximum atomic E-state index is 10.8. The highest BCUT2D eigenvalue weighted by molar-refractivity contribution is 7.88. The molecule has 1 heterocycles. The van der Waals surface area contributed by atoms with E-state index < -0.39 is 14.9 Å². The molecule has 100 valence electrons. The summed E-state index contributed by atoms with van der Waals surface area (Å²) in [6, 6.07) is 1.17. The Morgan fingerprint density at radius 3 is 2.67 bits per heavy atom. The number of nitrogens with zero attached hydrogens (tertiary/aromatic N) is 2. The van der Waals surface area contributed by atoms with Gasteiger partial charge in [0.15, 0.2) is 0 Å². The van der Waals surface area contributed by atoms with Crippen LogP contribution in [0, 0.1) is 10.1 Å². The molecular formula is C8H11ClN4O4S. The van der Waals surface area contributed by atoms with Crippen LogP contribution in [0.4, 0.5) is 11.5 Å². The van der Waals surface area contributed by atoms with Crippen molar-refractivity contribution < 1.29 is 13.3 Å². The summed E-state index contributed by atoms with van der Waals surface area (Å²) >= 11 is 5.77. The zero-order chi connectivity index (χ0) is 13.8. The number of halogens is 1. The molecule has 0 spiro atoms. The van der Waals surface area contributed by atoms with Crippen molar-refractivity contribution in [3.8, 4) is 0 Å². The van der Waals surface area contributed by atoms with Gasteiger partial charge in [0.1, 0.15) is 12.0 Å². The smallest absolute Gasteiger partial charge is 0.289 e. The molecule has 0 saturated heterocycles. The molecular weight excluding hydrogens is 284 g/mol. The third-order valence-corrected chi connectivity index (χ3v) is 2.84.